The van der Waals surface area contributed by atoms with Crippen molar-refractivity contribution in [3.05, 3.63) is 59.3 Å². The van der Waals surface area contributed by atoms with E-state index in [1.54, 1.807) is 6.20 Å². The molecule has 1 saturated heterocycles. The summed E-state index contributed by atoms with van der Waals surface area (Å²) in [5.74, 6) is 0.803. The molecule has 1 fully saturated rings. The van der Waals surface area contributed by atoms with Gasteiger partial charge in [0.1, 0.15) is 5.82 Å². The molecule has 0 saturated carbocycles. The predicted octanol–water partition coefficient (Wildman–Crippen LogP) is 2.69. The van der Waals surface area contributed by atoms with Crippen LogP contribution >= 0.6 is 0 Å². The molecule has 3 rings (SSSR count). The number of hydrogen-bond acceptors (Lipinski definition) is 5. The number of nitrogens with one attached hydrogen (secondary N) is 1. The minimum absolute atomic E-state index is 0.0974. The van der Waals surface area contributed by atoms with E-state index >= 15 is 0 Å². The number of morpholine rings is 1. The number of anilines is 1. The van der Waals surface area contributed by atoms with Crippen molar-refractivity contribution in [3.63, 3.8) is 0 Å². The zero-order valence-corrected chi connectivity index (χ0v) is 16.9. The van der Waals surface area contributed by atoms with Crippen LogP contribution in [0.2, 0.25) is 0 Å². The van der Waals surface area contributed by atoms with Crippen molar-refractivity contribution in [1.29, 1.82) is 0 Å². The third-order valence-corrected chi connectivity index (χ3v) is 5.15. The van der Waals surface area contributed by atoms with Crippen LogP contribution in [0.3, 0.4) is 0 Å². The van der Waals surface area contributed by atoms with Crippen LogP contribution in [0, 0.1) is 0 Å². The van der Waals surface area contributed by atoms with Crippen molar-refractivity contribution in [2.75, 3.05) is 44.3 Å². The van der Waals surface area contributed by atoms with Gasteiger partial charge < -0.3 is 15.0 Å². The molecule has 2 heterocycles. The first-order chi connectivity index (χ1) is 13.7. The molecule has 0 unspecified atom stereocenters. The molecule has 150 valence electrons. The van der Waals surface area contributed by atoms with E-state index in [-0.39, 0.29) is 5.91 Å². The molecular formula is C22H30N4O2. The Balaban J connectivity index is 1.60. The fraction of sp³-hybridized carbons (Fsp3) is 0.455. The summed E-state index contributed by atoms with van der Waals surface area (Å²) in [6.07, 6.45) is 1.66. The number of benzene rings is 1. The van der Waals surface area contributed by atoms with Gasteiger partial charge in [0.05, 0.1) is 18.8 Å². The van der Waals surface area contributed by atoms with E-state index in [1.807, 2.05) is 18.2 Å². The summed E-state index contributed by atoms with van der Waals surface area (Å²) in [6.45, 7) is 10.9. The monoisotopic (exact) mass is 382 g/mol. The lowest BCUT2D eigenvalue weighted by Gasteiger charge is -2.27. The SMILES string of the molecule is CCN(CC)c1ccc(C(=O)NCc2ccccc2CN2CCOCC2)cn1. The Bertz CT molecular complexity index is 753. The predicted molar refractivity (Wildman–Crippen MR) is 112 cm³/mol. The molecule has 6 nitrogen and oxygen atoms in total. The highest BCUT2D eigenvalue weighted by atomic mass is 16.5. The van der Waals surface area contributed by atoms with E-state index < -0.39 is 0 Å². The quantitative estimate of drug-likeness (QED) is 0.761. The smallest absolute Gasteiger partial charge is 0.253 e. The van der Waals surface area contributed by atoms with Gasteiger partial charge in [-0.15, -0.1) is 0 Å². The second-order valence-corrected chi connectivity index (χ2v) is 6.92. The fourth-order valence-electron chi connectivity index (χ4n) is 3.42. The molecule has 1 amide bonds. The van der Waals surface area contributed by atoms with Crippen LogP contribution in [0.5, 0.6) is 0 Å². The Hall–Kier alpha value is -2.44. The lowest BCUT2D eigenvalue weighted by molar-refractivity contribution is 0.0340. The number of pyridine rings is 1. The molecule has 6 heteroatoms. The van der Waals surface area contributed by atoms with E-state index in [4.69, 9.17) is 4.74 Å². The van der Waals surface area contributed by atoms with Crippen LogP contribution < -0.4 is 10.2 Å². The summed E-state index contributed by atoms with van der Waals surface area (Å²) in [4.78, 5) is 21.5. The van der Waals surface area contributed by atoms with Gasteiger partial charge in [-0.1, -0.05) is 24.3 Å². The summed E-state index contributed by atoms with van der Waals surface area (Å²) in [5, 5.41) is 3.03. The Morgan fingerprint density at radius 1 is 1.11 bits per heavy atom. The molecule has 0 bridgehead atoms. The van der Waals surface area contributed by atoms with Crippen LogP contribution in [0.1, 0.15) is 35.3 Å². The maximum absolute atomic E-state index is 12.5. The topological polar surface area (TPSA) is 57.7 Å². The summed E-state index contributed by atoms with van der Waals surface area (Å²) in [5.41, 5.74) is 2.98. The second-order valence-electron chi connectivity index (χ2n) is 6.92. The molecule has 0 radical (unpaired) electrons. The van der Waals surface area contributed by atoms with E-state index in [1.165, 1.54) is 5.56 Å². The Morgan fingerprint density at radius 3 is 2.46 bits per heavy atom. The zero-order chi connectivity index (χ0) is 19.8. The number of ether oxygens (including phenoxy) is 1. The molecule has 0 spiro atoms. The average Bonchev–Trinajstić information content (AvgIpc) is 2.75. The molecule has 1 aliphatic heterocycles. The van der Waals surface area contributed by atoms with Gasteiger partial charge in [0.25, 0.3) is 5.91 Å². The third kappa shape index (κ3) is 5.30. The van der Waals surface area contributed by atoms with Gasteiger partial charge in [-0.2, -0.15) is 0 Å². The van der Waals surface area contributed by atoms with Gasteiger partial charge in [-0.25, -0.2) is 4.98 Å². The molecule has 0 aliphatic carbocycles. The highest BCUT2D eigenvalue weighted by Gasteiger charge is 2.14. The Labute approximate surface area is 167 Å². The molecular weight excluding hydrogens is 352 g/mol. The van der Waals surface area contributed by atoms with Crippen LogP contribution in [0.4, 0.5) is 5.82 Å². The van der Waals surface area contributed by atoms with E-state index in [0.29, 0.717) is 12.1 Å². The molecule has 2 aromatic rings. The number of hydrogen-bond donors (Lipinski definition) is 1. The van der Waals surface area contributed by atoms with Crippen molar-refractivity contribution in [2.45, 2.75) is 26.9 Å². The van der Waals surface area contributed by atoms with Gasteiger partial charge in [-0.05, 0) is 37.1 Å². The van der Waals surface area contributed by atoms with Gasteiger partial charge in [-0.3, -0.25) is 9.69 Å². The average molecular weight is 383 g/mol. The third-order valence-electron chi connectivity index (χ3n) is 5.15. The number of aromatic nitrogens is 1. The molecule has 1 aromatic carbocycles. The van der Waals surface area contributed by atoms with Gasteiger partial charge in [0.2, 0.25) is 0 Å². The van der Waals surface area contributed by atoms with Crippen molar-refractivity contribution in [2.24, 2.45) is 0 Å². The summed E-state index contributed by atoms with van der Waals surface area (Å²) in [7, 11) is 0. The normalized spacial score (nSPS) is 14.6. The molecule has 1 N–H and O–H groups in total. The van der Waals surface area contributed by atoms with Crippen LogP contribution in [-0.2, 0) is 17.8 Å². The highest BCUT2D eigenvalue weighted by Crippen LogP contribution is 2.14. The first kappa shape index (κ1) is 20.3. The van der Waals surface area contributed by atoms with Crippen molar-refractivity contribution in [1.82, 2.24) is 15.2 Å². The van der Waals surface area contributed by atoms with Crippen LogP contribution in [0.15, 0.2) is 42.6 Å². The molecule has 28 heavy (non-hydrogen) atoms. The Kier molecular flexibility index (Phi) is 7.39. The first-order valence-electron chi connectivity index (χ1n) is 10.1. The standard InChI is InChI=1S/C22H30N4O2/c1-3-26(4-2)21-10-9-19(16-23-21)22(27)24-15-18-7-5-6-8-20(18)17-25-11-13-28-14-12-25/h5-10,16H,3-4,11-15,17H2,1-2H3,(H,24,27). The number of nitrogens with zero attached hydrogens (tertiary/aromatic N) is 3. The molecule has 1 aromatic heterocycles. The Morgan fingerprint density at radius 2 is 1.82 bits per heavy atom. The molecule has 0 atom stereocenters. The maximum Gasteiger partial charge on any atom is 0.253 e. The lowest BCUT2D eigenvalue weighted by atomic mass is 10.1. The largest absolute Gasteiger partial charge is 0.379 e. The van der Waals surface area contributed by atoms with Crippen LogP contribution in [-0.4, -0.2) is 55.2 Å². The van der Waals surface area contributed by atoms with E-state index in [2.05, 4.69) is 52.1 Å². The van der Waals surface area contributed by atoms with Crippen molar-refractivity contribution < 1.29 is 9.53 Å². The maximum atomic E-state index is 12.5. The first-order valence-corrected chi connectivity index (χ1v) is 10.1. The fourth-order valence-corrected chi connectivity index (χ4v) is 3.42. The van der Waals surface area contributed by atoms with E-state index in [9.17, 15) is 4.79 Å². The second kappa shape index (κ2) is 10.2. The lowest BCUT2D eigenvalue weighted by Crippen LogP contribution is -2.36. The number of carbonyl (C=O) groups is 1. The zero-order valence-electron chi connectivity index (χ0n) is 16.9. The summed E-state index contributed by atoms with van der Waals surface area (Å²) in [6, 6.07) is 12.0. The van der Waals surface area contributed by atoms with Crippen molar-refractivity contribution >= 4 is 11.7 Å². The number of carbonyl (C=O) groups excluding carboxylic acids is 1. The minimum Gasteiger partial charge on any atom is -0.379 e. The number of amides is 1. The van der Waals surface area contributed by atoms with Gasteiger partial charge in [0, 0.05) is 45.5 Å². The van der Waals surface area contributed by atoms with Crippen LogP contribution in [0.25, 0.3) is 0 Å². The summed E-state index contributed by atoms with van der Waals surface area (Å²) < 4.78 is 5.43. The summed E-state index contributed by atoms with van der Waals surface area (Å²) >= 11 is 0. The van der Waals surface area contributed by atoms with Gasteiger partial charge >= 0.3 is 0 Å². The molecule has 1 aliphatic rings. The van der Waals surface area contributed by atoms with E-state index in [0.717, 1.165) is 57.3 Å². The van der Waals surface area contributed by atoms with Crippen molar-refractivity contribution in [3.8, 4) is 0 Å². The van der Waals surface area contributed by atoms with Gasteiger partial charge in [0.15, 0.2) is 0 Å². The number of rotatable bonds is 8. The highest BCUT2D eigenvalue weighted by molar-refractivity contribution is 5.94. The minimum atomic E-state index is -0.0974.